The van der Waals surface area contributed by atoms with Gasteiger partial charge in [0.05, 0.1) is 0 Å². The van der Waals surface area contributed by atoms with Gasteiger partial charge in [-0.05, 0) is 30.2 Å². The highest BCUT2D eigenvalue weighted by Crippen LogP contribution is 2.24. The lowest BCUT2D eigenvalue weighted by Gasteiger charge is -2.07. The van der Waals surface area contributed by atoms with E-state index in [1.54, 1.807) is 0 Å². The second-order valence-corrected chi connectivity index (χ2v) is 4.46. The monoisotopic (exact) mass is 247 g/mol. The zero-order chi connectivity index (χ0) is 13.3. The molecule has 0 bridgehead atoms. The minimum Gasteiger partial charge on any atom is -0.480 e. The van der Waals surface area contributed by atoms with Crippen molar-refractivity contribution in [1.29, 1.82) is 0 Å². The van der Waals surface area contributed by atoms with Gasteiger partial charge in [-0.1, -0.05) is 6.07 Å². The zero-order valence-electron chi connectivity index (χ0n) is 10.2. The Morgan fingerprint density at radius 1 is 1.50 bits per heavy atom. The maximum atomic E-state index is 10.8. The van der Waals surface area contributed by atoms with Gasteiger partial charge in [-0.15, -0.1) is 0 Å². The number of hydrogen-bond acceptors (Lipinski definition) is 3. The first-order chi connectivity index (χ1) is 8.52. The predicted octanol–water partition coefficient (Wildman–Crippen LogP) is 0.889. The van der Waals surface area contributed by atoms with Crippen LogP contribution in [0.25, 0.3) is 10.9 Å². The second kappa shape index (κ2) is 4.80. The number of fused-ring (bicyclic) bond motifs is 1. The van der Waals surface area contributed by atoms with Gasteiger partial charge in [-0.3, -0.25) is 4.79 Å². The first kappa shape index (κ1) is 12.6. The third-order valence-corrected chi connectivity index (χ3v) is 3.16. The molecule has 0 unspecified atom stereocenters. The van der Waals surface area contributed by atoms with E-state index in [2.05, 4.69) is 4.98 Å². The summed E-state index contributed by atoms with van der Waals surface area (Å²) in [5.41, 5.74) is 15.1. The molecule has 0 saturated carbocycles. The molecule has 0 aliphatic carbocycles. The van der Waals surface area contributed by atoms with Crippen LogP contribution in [0.5, 0.6) is 0 Å². The summed E-state index contributed by atoms with van der Waals surface area (Å²) in [6.07, 6.45) is 0.315. The van der Waals surface area contributed by atoms with Crippen LogP contribution in [0.15, 0.2) is 18.2 Å². The van der Waals surface area contributed by atoms with E-state index in [1.807, 2.05) is 25.1 Å². The van der Waals surface area contributed by atoms with E-state index in [9.17, 15) is 4.79 Å². The van der Waals surface area contributed by atoms with Gasteiger partial charge in [0.1, 0.15) is 6.04 Å². The molecule has 2 rings (SSSR count). The number of H-pyrrole nitrogens is 1. The SMILES string of the molecule is Cc1[nH]c2ccc(CN)cc2c1C[C@H](N)C(=O)O. The second-order valence-electron chi connectivity index (χ2n) is 4.46. The molecule has 1 aromatic heterocycles. The van der Waals surface area contributed by atoms with Gasteiger partial charge in [-0.2, -0.15) is 0 Å². The number of nitrogens with one attached hydrogen (secondary N) is 1. The van der Waals surface area contributed by atoms with Crippen molar-refractivity contribution in [3.63, 3.8) is 0 Å². The number of aromatic nitrogens is 1. The van der Waals surface area contributed by atoms with Crippen LogP contribution in [-0.4, -0.2) is 22.1 Å². The minimum absolute atomic E-state index is 0.315. The van der Waals surface area contributed by atoms with Crippen molar-refractivity contribution in [2.24, 2.45) is 11.5 Å². The molecule has 1 atom stereocenters. The number of benzene rings is 1. The number of rotatable bonds is 4. The molecule has 18 heavy (non-hydrogen) atoms. The maximum Gasteiger partial charge on any atom is 0.320 e. The lowest BCUT2D eigenvalue weighted by atomic mass is 10.0. The first-order valence-corrected chi connectivity index (χ1v) is 5.81. The Morgan fingerprint density at radius 3 is 2.83 bits per heavy atom. The average Bonchev–Trinajstić information content (AvgIpc) is 2.65. The van der Waals surface area contributed by atoms with Crippen LogP contribution in [0.2, 0.25) is 0 Å². The van der Waals surface area contributed by atoms with Crippen LogP contribution < -0.4 is 11.5 Å². The Bertz CT molecular complexity index is 589. The smallest absolute Gasteiger partial charge is 0.320 e. The van der Waals surface area contributed by atoms with Gasteiger partial charge in [0.2, 0.25) is 0 Å². The van der Waals surface area contributed by atoms with Gasteiger partial charge < -0.3 is 21.6 Å². The molecule has 1 heterocycles. The van der Waals surface area contributed by atoms with E-state index < -0.39 is 12.0 Å². The van der Waals surface area contributed by atoms with E-state index in [4.69, 9.17) is 16.6 Å². The predicted molar refractivity (Wildman–Crippen MR) is 70.2 cm³/mol. The number of aromatic amines is 1. The third-order valence-electron chi connectivity index (χ3n) is 3.16. The summed E-state index contributed by atoms with van der Waals surface area (Å²) < 4.78 is 0. The van der Waals surface area contributed by atoms with Crippen molar-refractivity contribution >= 4 is 16.9 Å². The number of carboxylic acids is 1. The highest BCUT2D eigenvalue weighted by Gasteiger charge is 2.17. The fourth-order valence-corrected chi connectivity index (χ4v) is 2.13. The summed E-state index contributed by atoms with van der Waals surface area (Å²) in [6.45, 7) is 2.39. The van der Waals surface area contributed by atoms with Crippen molar-refractivity contribution in [3.8, 4) is 0 Å². The van der Waals surface area contributed by atoms with Crippen molar-refractivity contribution in [2.45, 2.75) is 25.9 Å². The van der Waals surface area contributed by atoms with Gasteiger partial charge in [0, 0.05) is 29.6 Å². The Labute approximate surface area is 105 Å². The molecule has 0 aliphatic heterocycles. The summed E-state index contributed by atoms with van der Waals surface area (Å²) >= 11 is 0. The van der Waals surface area contributed by atoms with Crippen LogP contribution in [0.3, 0.4) is 0 Å². The largest absolute Gasteiger partial charge is 0.480 e. The number of nitrogens with two attached hydrogens (primary N) is 2. The zero-order valence-corrected chi connectivity index (χ0v) is 10.2. The van der Waals surface area contributed by atoms with Gasteiger partial charge in [-0.25, -0.2) is 0 Å². The van der Waals surface area contributed by atoms with Crippen LogP contribution in [0.1, 0.15) is 16.8 Å². The Kier molecular flexibility index (Phi) is 3.36. The molecular formula is C13H17N3O2. The fourth-order valence-electron chi connectivity index (χ4n) is 2.13. The Hall–Kier alpha value is -1.85. The number of carbonyl (C=O) groups is 1. The van der Waals surface area contributed by atoms with E-state index in [1.165, 1.54) is 0 Å². The van der Waals surface area contributed by atoms with Crippen LogP contribution in [-0.2, 0) is 17.8 Å². The molecule has 2 aromatic rings. The fraction of sp³-hybridized carbons (Fsp3) is 0.308. The Balaban J connectivity index is 2.48. The average molecular weight is 247 g/mol. The molecule has 0 amide bonds. The summed E-state index contributed by atoms with van der Waals surface area (Å²) in [7, 11) is 0. The van der Waals surface area contributed by atoms with Crippen molar-refractivity contribution < 1.29 is 9.90 Å². The van der Waals surface area contributed by atoms with Crippen molar-refractivity contribution in [1.82, 2.24) is 4.98 Å². The van der Waals surface area contributed by atoms with Gasteiger partial charge >= 0.3 is 5.97 Å². The van der Waals surface area contributed by atoms with Crippen molar-refractivity contribution in [2.75, 3.05) is 0 Å². The summed E-state index contributed by atoms with van der Waals surface area (Å²) in [5, 5.41) is 9.90. The van der Waals surface area contributed by atoms with Crippen LogP contribution in [0, 0.1) is 6.92 Å². The normalized spacial score (nSPS) is 12.8. The first-order valence-electron chi connectivity index (χ1n) is 5.81. The lowest BCUT2D eigenvalue weighted by Crippen LogP contribution is -2.32. The Morgan fingerprint density at radius 2 is 2.22 bits per heavy atom. The van der Waals surface area contributed by atoms with E-state index in [0.29, 0.717) is 13.0 Å². The summed E-state index contributed by atoms with van der Waals surface area (Å²) in [4.78, 5) is 14.1. The van der Waals surface area contributed by atoms with E-state index >= 15 is 0 Å². The standard InChI is InChI=1S/C13H17N3O2/c1-7-9(5-11(15)13(17)18)10-4-8(6-14)2-3-12(10)16-7/h2-4,11,16H,5-6,14-15H2,1H3,(H,17,18)/t11-/m0/s1. The quantitative estimate of drug-likeness (QED) is 0.643. The molecule has 5 nitrogen and oxygen atoms in total. The number of aryl methyl sites for hydroxylation is 1. The molecule has 0 fully saturated rings. The molecule has 96 valence electrons. The molecule has 1 aromatic carbocycles. The van der Waals surface area contributed by atoms with E-state index in [0.717, 1.165) is 27.7 Å². The van der Waals surface area contributed by atoms with Crippen LogP contribution >= 0.6 is 0 Å². The summed E-state index contributed by atoms with van der Waals surface area (Å²) in [6, 6.07) is 5.02. The van der Waals surface area contributed by atoms with Crippen molar-refractivity contribution in [3.05, 3.63) is 35.0 Å². The molecule has 0 aliphatic rings. The molecule has 0 radical (unpaired) electrons. The minimum atomic E-state index is -0.987. The third kappa shape index (κ3) is 2.23. The molecule has 5 heteroatoms. The number of aliphatic carboxylic acids is 1. The topological polar surface area (TPSA) is 105 Å². The number of hydrogen-bond donors (Lipinski definition) is 4. The highest BCUT2D eigenvalue weighted by molar-refractivity contribution is 5.86. The van der Waals surface area contributed by atoms with E-state index in [-0.39, 0.29) is 0 Å². The molecule has 6 N–H and O–H groups in total. The number of carboxylic acid groups (broad SMARTS) is 1. The molecule has 0 saturated heterocycles. The van der Waals surface area contributed by atoms with Gasteiger partial charge in [0.25, 0.3) is 0 Å². The maximum absolute atomic E-state index is 10.8. The lowest BCUT2D eigenvalue weighted by molar-refractivity contribution is -0.138. The highest BCUT2D eigenvalue weighted by atomic mass is 16.4. The molecular weight excluding hydrogens is 230 g/mol. The van der Waals surface area contributed by atoms with Crippen LogP contribution in [0.4, 0.5) is 0 Å². The molecule has 0 spiro atoms. The van der Waals surface area contributed by atoms with Gasteiger partial charge in [0.15, 0.2) is 0 Å². The summed E-state index contributed by atoms with van der Waals surface area (Å²) in [5.74, 6) is -0.987.